The summed E-state index contributed by atoms with van der Waals surface area (Å²) >= 11 is 1.16. The molecule has 0 fully saturated rings. The summed E-state index contributed by atoms with van der Waals surface area (Å²) in [6.45, 7) is 1.32. The molecule has 8 heteroatoms. The fourth-order valence-electron chi connectivity index (χ4n) is 1.44. The lowest BCUT2D eigenvalue weighted by Gasteiger charge is -2.11. The molecule has 0 aliphatic rings. The zero-order chi connectivity index (χ0) is 13.8. The van der Waals surface area contributed by atoms with Crippen LogP contribution in [0, 0.1) is 0 Å². The Morgan fingerprint density at radius 1 is 1.42 bits per heavy atom. The van der Waals surface area contributed by atoms with E-state index in [9.17, 15) is 9.59 Å². The molecule has 2 aromatic rings. The van der Waals surface area contributed by atoms with Crippen molar-refractivity contribution in [2.45, 2.75) is 11.8 Å². The fraction of sp³-hybridized carbons (Fsp3) is 0.0909. The zero-order valence-electron chi connectivity index (χ0n) is 9.90. The molecule has 0 saturated carbocycles. The lowest BCUT2D eigenvalue weighted by atomic mass is 10.2. The number of hydrogen-bond donors (Lipinski definition) is 2. The number of rotatable bonds is 4. The first kappa shape index (κ1) is 13.1. The highest BCUT2D eigenvalue weighted by atomic mass is 32.2. The van der Waals surface area contributed by atoms with Gasteiger partial charge in [-0.25, -0.2) is 4.79 Å². The zero-order valence-corrected chi connectivity index (χ0v) is 10.7. The Balaban J connectivity index is 2.43. The van der Waals surface area contributed by atoms with Crippen LogP contribution in [0.2, 0.25) is 0 Å². The molecule has 0 bridgehead atoms. The molecule has 1 aromatic heterocycles. The van der Waals surface area contributed by atoms with Crippen molar-refractivity contribution in [2.75, 3.05) is 5.32 Å². The molecule has 2 rings (SSSR count). The molecule has 0 spiro atoms. The largest absolute Gasteiger partial charge is 0.478 e. The van der Waals surface area contributed by atoms with Gasteiger partial charge in [-0.15, -0.1) is 5.10 Å². The van der Waals surface area contributed by atoms with E-state index in [-0.39, 0.29) is 17.2 Å². The molecule has 0 aliphatic heterocycles. The van der Waals surface area contributed by atoms with Gasteiger partial charge < -0.3 is 10.4 Å². The lowest BCUT2D eigenvalue weighted by molar-refractivity contribution is -0.114. The van der Waals surface area contributed by atoms with Crippen LogP contribution in [0.5, 0.6) is 0 Å². The van der Waals surface area contributed by atoms with Crippen molar-refractivity contribution >= 4 is 29.5 Å². The van der Waals surface area contributed by atoms with Gasteiger partial charge in [0.05, 0.1) is 28.5 Å². The molecule has 0 unspecified atom stereocenters. The summed E-state index contributed by atoms with van der Waals surface area (Å²) < 4.78 is 1.46. The van der Waals surface area contributed by atoms with E-state index in [4.69, 9.17) is 5.11 Å². The van der Waals surface area contributed by atoms with Gasteiger partial charge in [0.25, 0.3) is 0 Å². The van der Waals surface area contributed by atoms with E-state index in [0.717, 1.165) is 11.9 Å². The van der Waals surface area contributed by atoms with Gasteiger partial charge in [0.2, 0.25) is 5.91 Å². The van der Waals surface area contributed by atoms with Gasteiger partial charge in [-0.2, -0.15) is 4.09 Å². The number of anilines is 1. The minimum atomic E-state index is -1.11. The maximum atomic E-state index is 11.2. The quantitative estimate of drug-likeness (QED) is 0.879. The average molecular weight is 278 g/mol. The number of hydrogen-bond acceptors (Lipinski definition) is 5. The number of amides is 1. The summed E-state index contributed by atoms with van der Waals surface area (Å²) in [5.74, 6) is -1.45. The topological polar surface area (TPSA) is 97.1 Å². The number of carbonyl (C=O) groups excluding carboxylic acids is 1. The number of carboxylic acid groups (broad SMARTS) is 1. The van der Waals surface area contributed by atoms with E-state index in [1.807, 2.05) is 0 Å². The van der Waals surface area contributed by atoms with Crippen molar-refractivity contribution in [3.05, 3.63) is 36.2 Å². The normalized spacial score (nSPS) is 10.2. The SMILES string of the molecule is CC(=O)Nc1c(Sn2ccnn2)cccc1C(=O)O. The van der Waals surface area contributed by atoms with Crippen molar-refractivity contribution in [3.8, 4) is 0 Å². The highest BCUT2D eigenvalue weighted by Crippen LogP contribution is 2.30. The van der Waals surface area contributed by atoms with Gasteiger partial charge >= 0.3 is 5.97 Å². The van der Waals surface area contributed by atoms with Crippen LogP contribution in [0.4, 0.5) is 5.69 Å². The number of para-hydroxylation sites is 1. The number of aromatic nitrogens is 3. The third kappa shape index (κ3) is 3.10. The van der Waals surface area contributed by atoms with Gasteiger partial charge in [-0.1, -0.05) is 11.3 Å². The summed E-state index contributed by atoms with van der Waals surface area (Å²) in [4.78, 5) is 22.9. The van der Waals surface area contributed by atoms with Gasteiger partial charge in [0.1, 0.15) is 0 Å². The molecular formula is C11H10N4O3S. The van der Waals surface area contributed by atoms with E-state index in [2.05, 4.69) is 15.6 Å². The summed E-state index contributed by atoms with van der Waals surface area (Å²) in [6, 6.07) is 4.73. The molecule has 1 amide bonds. The highest BCUT2D eigenvalue weighted by molar-refractivity contribution is 7.97. The third-order valence-corrected chi connectivity index (χ3v) is 3.07. The molecule has 0 atom stereocenters. The van der Waals surface area contributed by atoms with Crippen molar-refractivity contribution in [1.82, 2.24) is 14.4 Å². The van der Waals surface area contributed by atoms with Gasteiger partial charge in [-0.05, 0) is 12.1 Å². The van der Waals surface area contributed by atoms with Crippen molar-refractivity contribution in [1.29, 1.82) is 0 Å². The first-order chi connectivity index (χ1) is 9.08. The minimum absolute atomic E-state index is 0.0281. The second kappa shape index (κ2) is 5.53. The smallest absolute Gasteiger partial charge is 0.337 e. The van der Waals surface area contributed by atoms with Crippen LogP contribution in [0.15, 0.2) is 35.5 Å². The standard InChI is InChI=1S/C11H10N4O3S/c1-7(16)13-10-8(11(17)18)3-2-4-9(10)19-15-6-5-12-14-15/h2-6H,1H3,(H,13,16)(H,17,18). The first-order valence-corrected chi connectivity index (χ1v) is 6.04. The van der Waals surface area contributed by atoms with E-state index >= 15 is 0 Å². The fourth-order valence-corrected chi connectivity index (χ4v) is 2.22. The maximum absolute atomic E-state index is 11.2. The van der Waals surface area contributed by atoms with Gasteiger partial charge in [0, 0.05) is 18.9 Å². The molecule has 98 valence electrons. The average Bonchev–Trinajstić information content (AvgIpc) is 2.83. The van der Waals surface area contributed by atoms with Crippen molar-refractivity contribution in [2.24, 2.45) is 0 Å². The van der Waals surface area contributed by atoms with Crippen LogP contribution >= 0.6 is 11.9 Å². The second-order valence-corrected chi connectivity index (χ2v) is 4.56. The Kier molecular flexibility index (Phi) is 3.81. The van der Waals surface area contributed by atoms with Crippen molar-refractivity contribution < 1.29 is 14.7 Å². The van der Waals surface area contributed by atoms with E-state index in [1.54, 1.807) is 18.3 Å². The van der Waals surface area contributed by atoms with E-state index in [1.165, 1.54) is 23.3 Å². The van der Waals surface area contributed by atoms with Crippen LogP contribution < -0.4 is 5.32 Å². The number of nitrogens with zero attached hydrogens (tertiary/aromatic N) is 3. The molecule has 7 nitrogen and oxygen atoms in total. The Morgan fingerprint density at radius 3 is 2.79 bits per heavy atom. The first-order valence-electron chi connectivity index (χ1n) is 5.26. The third-order valence-electron chi connectivity index (χ3n) is 2.15. The van der Waals surface area contributed by atoms with Crippen LogP contribution in [0.3, 0.4) is 0 Å². The lowest BCUT2D eigenvalue weighted by Crippen LogP contribution is -2.12. The molecule has 0 aliphatic carbocycles. The number of nitrogens with one attached hydrogen (secondary N) is 1. The number of carboxylic acids is 1. The molecule has 1 heterocycles. The Bertz CT molecular complexity index is 612. The predicted octanol–water partition coefficient (Wildman–Crippen LogP) is 1.49. The minimum Gasteiger partial charge on any atom is -0.478 e. The van der Waals surface area contributed by atoms with Crippen LogP contribution in [-0.2, 0) is 4.79 Å². The number of benzene rings is 1. The molecule has 2 N–H and O–H groups in total. The Hall–Kier alpha value is -2.35. The van der Waals surface area contributed by atoms with E-state index < -0.39 is 5.97 Å². The molecular weight excluding hydrogens is 268 g/mol. The summed E-state index contributed by atoms with van der Waals surface area (Å²) in [5, 5.41) is 19.1. The number of carbonyl (C=O) groups is 2. The second-order valence-electron chi connectivity index (χ2n) is 3.56. The van der Waals surface area contributed by atoms with Gasteiger partial charge in [-0.3, -0.25) is 4.79 Å². The summed E-state index contributed by atoms with van der Waals surface area (Å²) in [5.41, 5.74) is 0.281. The molecule has 19 heavy (non-hydrogen) atoms. The van der Waals surface area contributed by atoms with Gasteiger partial charge in [0.15, 0.2) is 0 Å². The molecule has 0 radical (unpaired) electrons. The highest BCUT2D eigenvalue weighted by Gasteiger charge is 2.16. The molecule has 1 aromatic carbocycles. The summed E-state index contributed by atoms with van der Waals surface area (Å²) in [6.07, 6.45) is 3.13. The Morgan fingerprint density at radius 2 is 2.21 bits per heavy atom. The Labute approximate surface area is 112 Å². The van der Waals surface area contributed by atoms with Crippen molar-refractivity contribution in [3.63, 3.8) is 0 Å². The predicted molar refractivity (Wildman–Crippen MR) is 69.0 cm³/mol. The number of aromatic carboxylic acids is 1. The van der Waals surface area contributed by atoms with Crippen LogP contribution in [0.25, 0.3) is 0 Å². The van der Waals surface area contributed by atoms with Crippen LogP contribution in [0.1, 0.15) is 17.3 Å². The summed E-state index contributed by atoms with van der Waals surface area (Å²) in [7, 11) is 0. The van der Waals surface area contributed by atoms with E-state index in [0.29, 0.717) is 4.90 Å². The van der Waals surface area contributed by atoms with Crippen LogP contribution in [-0.4, -0.2) is 31.4 Å². The molecule has 0 saturated heterocycles. The monoisotopic (exact) mass is 278 g/mol. The maximum Gasteiger partial charge on any atom is 0.337 e.